The van der Waals surface area contributed by atoms with Gasteiger partial charge in [0.1, 0.15) is 58.1 Å². The van der Waals surface area contributed by atoms with E-state index in [2.05, 4.69) is 88.8 Å². The molecule has 0 amide bonds. The molecule has 99 heavy (non-hydrogen) atoms. The molecule has 4 fully saturated rings. The van der Waals surface area contributed by atoms with E-state index in [0.29, 0.717) is 66.4 Å². The number of hydrogen-bond donors (Lipinski definition) is 9. The zero-order chi connectivity index (χ0) is 69.9. The highest BCUT2D eigenvalue weighted by Gasteiger charge is 2.30. The molecule has 0 aliphatic heterocycles. The van der Waals surface area contributed by atoms with E-state index in [0.717, 1.165) is 136 Å². The van der Waals surface area contributed by atoms with Crippen molar-refractivity contribution in [3.63, 3.8) is 0 Å². The van der Waals surface area contributed by atoms with Gasteiger partial charge < -0.3 is 70.0 Å². The first kappa shape index (κ1) is 75.0. The zero-order valence-corrected chi connectivity index (χ0v) is 59.7. The van der Waals surface area contributed by atoms with Crippen LogP contribution in [0.5, 0.6) is 0 Å². The predicted molar refractivity (Wildman–Crippen MR) is 393 cm³/mol. The number of ether oxygens (including phenoxy) is 5. The Kier molecular flexibility index (Phi) is 29.5. The Bertz CT molecular complexity index is 3670. The molecular weight excluding hydrogens is 1250 g/mol. The van der Waals surface area contributed by atoms with E-state index in [9.17, 15) is 24.3 Å². The first-order valence-corrected chi connectivity index (χ1v) is 37.0. The van der Waals surface area contributed by atoms with Crippen LogP contribution >= 0.6 is 0 Å². The number of anilines is 4. The molecule has 0 unspecified atom stereocenters. The average molecular weight is 1360 g/mol. The Morgan fingerprint density at radius 3 is 0.929 bits per heavy atom. The standard InChI is InChI=1S/2C20H29N3O3.C20H29N3O2.C17H23N3O2/c2*1-3-5-14-6-4-7-15(12-14)23-18-16-8-9-21-19(16)22-13-17(18)20(24)26-11-10-25-2;1-3-6-14-7-5-8-15(12-14)23-18-16-9-10-21-19(16)22-13-17(18)20(24)25-11-4-2;1-2-4-11-5-3-6-12(9-11)20-15-13-7-8-18-16(13)19-10-14(15)17(21)22/h2*8-9,13-15H,3-7,10-12H2,1-2H3,(H2,21,22,23);9-10,13-15H,3-8,11-12H2,1-2H3,(H2,21,22,23);7-8,10-12H,2-6,9H2,1H3,(H,21,22)(H2,18,19,20)/t14-,15+;2*14-,15-;11-,12-/m1000/s1. The van der Waals surface area contributed by atoms with Crippen LogP contribution in [0.25, 0.3) is 44.1 Å². The van der Waals surface area contributed by atoms with Crippen molar-refractivity contribution in [2.24, 2.45) is 23.7 Å². The number of pyridine rings is 4. The fourth-order valence-corrected chi connectivity index (χ4v) is 15.3. The molecule has 22 nitrogen and oxygen atoms in total. The number of H-pyrrole nitrogens is 4. The van der Waals surface area contributed by atoms with Gasteiger partial charge >= 0.3 is 23.9 Å². The van der Waals surface area contributed by atoms with Gasteiger partial charge in [0.15, 0.2) is 0 Å². The number of esters is 3. The number of fused-ring (bicyclic) bond motifs is 4. The molecule has 0 bridgehead atoms. The summed E-state index contributed by atoms with van der Waals surface area (Å²) in [7, 11) is 3.17. The number of carboxylic acids is 1. The number of hydrogen-bond acceptors (Lipinski definition) is 17. The molecule has 8 aromatic heterocycles. The SMILES string of the molecule is CCCOC(=O)c1cnc2[nH]ccc2c1N[C@H]1CCC[C@H](CCC)C1.CCC[C@@H]1CCC[C@H](Nc2c(C(=O)OCCOC)cnc3[nH]ccc23)C1.CCC[C@H]1CCC[C@H](Nc2c(C(=O)O)cnc3[nH]ccc23)C1.CCC[C@H]1CCC[C@H](Nc2c(C(=O)OCCOC)cnc3[nH]ccc23)C1. The Hall–Kier alpha value is -8.24. The summed E-state index contributed by atoms with van der Waals surface area (Å²) >= 11 is 0. The third-order valence-electron chi connectivity index (χ3n) is 20.0. The molecular formula is C77H110N12O10. The molecule has 8 heterocycles. The van der Waals surface area contributed by atoms with Crippen molar-refractivity contribution in [2.75, 3.05) is 68.5 Å². The number of carbonyl (C=O) groups is 4. The van der Waals surface area contributed by atoms with Crippen LogP contribution in [0.2, 0.25) is 0 Å². The van der Waals surface area contributed by atoms with Gasteiger partial charge in [0, 0.05) is 110 Å². The fourth-order valence-electron chi connectivity index (χ4n) is 15.3. The lowest BCUT2D eigenvalue weighted by atomic mass is 9.83. The number of rotatable bonds is 28. The van der Waals surface area contributed by atoms with E-state index in [1.807, 2.05) is 49.8 Å². The smallest absolute Gasteiger partial charge is 0.341 e. The minimum Gasteiger partial charge on any atom is -0.478 e. The van der Waals surface area contributed by atoms with E-state index >= 15 is 0 Å². The van der Waals surface area contributed by atoms with E-state index in [1.54, 1.807) is 39.0 Å². The molecule has 8 aromatic rings. The second-order valence-corrected chi connectivity index (χ2v) is 27.5. The maximum atomic E-state index is 12.5. The van der Waals surface area contributed by atoms with Gasteiger partial charge in [-0.15, -0.1) is 0 Å². The highest BCUT2D eigenvalue weighted by Crippen LogP contribution is 2.38. The van der Waals surface area contributed by atoms with Crippen LogP contribution in [0.15, 0.2) is 73.8 Å². The van der Waals surface area contributed by atoms with Gasteiger partial charge in [-0.1, -0.05) is 137 Å². The second-order valence-electron chi connectivity index (χ2n) is 27.5. The minimum atomic E-state index is -0.931. The molecule has 9 N–H and O–H groups in total. The summed E-state index contributed by atoms with van der Waals surface area (Å²) in [5, 5.41) is 27.6. The van der Waals surface area contributed by atoms with E-state index in [4.69, 9.17) is 23.7 Å². The van der Waals surface area contributed by atoms with Gasteiger partial charge in [0.05, 0.1) is 42.6 Å². The van der Waals surface area contributed by atoms with Gasteiger partial charge in [-0.3, -0.25) is 0 Å². The monoisotopic (exact) mass is 1360 g/mol. The van der Waals surface area contributed by atoms with Crippen LogP contribution in [0.3, 0.4) is 0 Å². The highest BCUT2D eigenvalue weighted by molar-refractivity contribution is 6.07. The van der Waals surface area contributed by atoms with Gasteiger partial charge in [-0.05, 0) is 106 Å². The summed E-state index contributed by atoms with van der Waals surface area (Å²) < 4.78 is 25.9. The number of aromatic carboxylic acids is 1. The number of methoxy groups -OCH3 is 2. The average Bonchev–Trinajstić information content (AvgIpc) is 1.77. The molecule has 4 saturated carbocycles. The first-order valence-electron chi connectivity index (χ1n) is 37.0. The fraction of sp³-hybridized carbons (Fsp3) is 0.584. The van der Waals surface area contributed by atoms with Crippen LogP contribution in [-0.2, 0) is 23.7 Å². The quantitative estimate of drug-likeness (QED) is 0.0125. The summed E-state index contributed by atoms with van der Waals surface area (Å²) in [6.45, 7) is 12.7. The second kappa shape index (κ2) is 38.9. The molecule has 0 saturated heterocycles. The third kappa shape index (κ3) is 20.9. The molecule has 0 spiro atoms. The Morgan fingerprint density at radius 1 is 0.394 bits per heavy atom. The van der Waals surface area contributed by atoms with Crippen molar-refractivity contribution in [3.8, 4) is 0 Å². The number of carboxylic acid groups (broad SMARTS) is 1. The maximum Gasteiger partial charge on any atom is 0.341 e. The number of nitrogens with zero attached hydrogens (tertiary/aromatic N) is 4. The van der Waals surface area contributed by atoms with Gasteiger partial charge in [0.2, 0.25) is 0 Å². The van der Waals surface area contributed by atoms with Gasteiger partial charge in [-0.25, -0.2) is 39.1 Å². The topological polar surface area (TPSA) is 298 Å². The van der Waals surface area contributed by atoms with E-state index < -0.39 is 5.97 Å². The van der Waals surface area contributed by atoms with Crippen LogP contribution < -0.4 is 21.3 Å². The lowest BCUT2D eigenvalue weighted by molar-refractivity contribution is 0.0381. The lowest BCUT2D eigenvalue weighted by Crippen LogP contribution is -2.28. The Balaban J connectivity index is 0.000000154. The molecule has 4 aliphatic carbocycles. The normalized spacial score (nSPS) is 20.7. The van der Waals surface area contributed by atoms with Crippen molar-refractivity contribution in [3.05, 3.63) is 96.1 Å². The van der Waals surface area contributed by atoms with Crippen molar-refractivity contribution in [1.29, 1.82) is 0 Å². The predicted octanol–water partition coefficient (Wildman–Crippen LogP) is 17.2. The molecule has 8 atom stereocenters. The van der Waals surface area contributed by atoms with Crippen molar-refractivity contribution >= 4 is 90.8 Å². The van der Waals surface area contributed by atoms with Crippen LogP contribution in [-0.4, -0.2) is 140 Å². The number of aromatic amines is 4. The molecule has 4 aliphatic rings. The van der Waals surface area contributed by atoms with Crippen LogP contribution in [0.4, 0.5) is 22.7 Å². The van der Waals surface area contributed by atoms with Crippen molar-refractivity contribution in [1.82, 2.24) is 39.9 Å². The minimum absolute atomic E-state index is 0.238. The molecule has 538 valence electrons. The first-order chi connectivity index (χ1) is 48.4. The number of aromatic nitrogens is 8. The van der Waals surface area contributed by atoms with Gasteiger partial charge in [-0.2, -0.15) is 0 Å². The molecule has 0 aromatic carbocycles. The number of nitrogens with one attached hydrogen (secondary N) is 8. The Morgan fingerprint density at radius 2 is 0.667 bits per heavy atom. The summed E-state index contributed by atoms with van der Waals surface area (Å²) in [6, 6.07) is 9.31. The van der Waals surface area contributed by atoms with Crippen molar-refractivity contribution < 1.29 is 48.0 Å². The third-order valence-corrected chi connectivity index (χ3v) is 20.0. The summed E-state index contributed by atoms with van der Waals surface area (Å²) in [5.41, 5.74) is 8.11. The van der Waals surface area contributed by atoms with E-state index in [-0.39, 0.29) is 36.7 Å². The molecule has 12 rings (SSSR count). The summed E-state index contributed by atoms with van der Waals surface area (Å²) in [5.74, 6) is 1.14. The van der Waals surface area contributed by atoms with Crippen LogP contribution in [0.1, 0.15) is 237 Å². The molecule has 0 radical (unpaired) electrons. The molecule has 22 heteroatoms. The largest absolute Gasteiger partial charge is 0.478 e. The van der Waals surface area contributed by atoms with Crippen molar-refractivity contribution in [2.45, 2.75) is 219 Å². The lowest BCUT2D eigenvalue weighted by Gasteiger charge is -2.31. The Labute approximate surface area is 583 Å². The summed E-state index contributed by atoms with van der Waals surface area (Å²) in [6.07, 6.45) is 43.8. The van der Waals surface area contributed by atoms with Crippen LogP contribution in [0, 0.1) is 23.7 Å². The highest BCUT2D eigenvalue weighted by atomic mass is 16.6. The zero-order valence-electron chi connectivity index (χ0n) is 59.7. The maximum absolute atomic E-state index is 12.5. The summed E-state index contributed by atoms with van der Waals surface area (Å²) in [4.78, 5) is 78.8. The number of carbonyl (C=O) groups excluding carboxylic acids is 3. The van der Waals surface area contributed by atoms with Gasteiger partial charge in [0.25, 0.3) is 0 Å². The van der Waals surface area contributed by atoms with E-state index in [1.165, 1.54) is 115 Å².